The van der Waals surface area contributed by atoms with E-state index in [-0.39, 0.29) is 11.5 Å². The Morgan fingerprint density at radius 2 is 1.74 bits per heavy atom. The Morgan fingerprint density at radius 3 is 2.44 bits per heavy atom. The highest BCUT2D eigenvalue weighted by Crippen LogP contribution is 2.33. The maximum Gasteiger partial charge on any atom is 0.265 e. The van der Waals surface area contributed by atoms with Crippen molar-refractivity contribution in [3.63, 3.8) is 0 Å². The number of ketones is 1. The number of nitrogens with one attached hydrogen (secondary N) is 1. The lowest BCUT2D eigenvalue weighted by Gasteiger charge is -2.15. The fourth-order valence-corrected chi connectivity index (χ4v) is 3.62. The number of fused-ring (bicyclic) bond motifs is 1. The summed E-state index contributed by atoms with van der Waals surface area (Å²) in [5.74, 6) is 0.470. The molecule has 1 aromatic heterocycles. The molecule has 7 heteroatoms. The van der Waals surface area contributed by atoms with Gasteiger partial charge in [-0.15, -0.1) is 0 Å². The zero-order valence-corrected chi connectivity index (χ0v) is 19.8. The summed E-state index contributed by atoms with van der Waals surface area (Å²) in [4.78, 5) is 26.3. The second-order valence-corrected chi connectivity index (χ2v) is 8.16. The quantitative estimate of drug-likeness (QED) is 0.296. The molecule has 1 heterocycles. The van der Waals surface area contributed by atoms with Crippen LogP contribution in [-0.2, 0) is 4.79 Å². The molecule has 0 radical (unpaired) electrons. The van der Waals surface area contributed by atoms with E-state index in [2.05, 4.69) is 5.32 Å². The fraction of sp³-hybridized carbons (Fsp3) is 0.185. The number of amides is 1. The first kappa shape index (κ1) is 23.4. The summed E-state index contributed by atoms with van der Waals surface area (Å²) in [6.07, 6.45) is -0.831. The lowest BCUT2D eigenvalue weighted by molar-refractivity contribution is -0.122. The van der Waals surface area contributed by atoms with Gasteiger partial charge in [-0.25, -0.2) is 0 Å². The lowest BCUT2D eigenvalue weighted by Crippen LogP contribution is -2.30. The van der Waals surface area contributed by atoms with Crippen LogP contribution in [0, 0.1) is 6.92 Å². The van der Waals surface area contributed by atoms with Crippen molar-refractivity contribution in [1.29, 1.82) is 0 Å². The van der Waals surface area contributed by atoms with E-state index >= 15 is 0 Å². The van der Waals surface area contributed by atoms with Crippen LogP contribution in [0.4, 0.5) is 5.69 Å². The summed E-state index contributed by atoms with van der Waals surface area (Å²) in [6, 6.07) is 19.1. The van der Waals surface area contributed by atoms with E-state index in [0.717, 1.165) is 5.56 Å². The monoisotopic (exact) mass is 477 g/mol. The van der Waals surface area contributed by atoms with Crippen molar-refractivity contribution in [3.05, 3.63) is 88.6 Å². The second kappa shape index (κ2) is 10.0. The average Bonchev–Trinajstić information content (AvgIpc) is 3.20. The number of aryl methyl sites for hydroxylation is 1. The van der Waals surface area contributed by atoms with Crippen LogP contribution >= 0.6 is 11.6 Å². The average molecular weight is 478 g/mol. The third kappa shape index (κ3) is 4.92. The van der Waals surface area contributed by atoms with Crippen molar-refractivity contribution < 1.29 is 23.5 Å². The second-order valence-electron chi connectivity index (χ2n) is 7.75. The minimum atomic E-state index is -0.831. The normalized spacial score (nSPS) is 11.8. The molecule has 4 rings (SSSR count). The van der Waals surface area contributed by atoms with Gasteiger partial charge in [-0.3, -0.25) is 9.59 Å². The van der Waals surface area contributed by atoms with Crippen molar-refractivity contribution in [2.75, 3.05) is 11.9 Å². The molecular formula is C27H24ClNO5. The van der Waals surface area contributed by atoms with E-state index in [1.807, 2.05) is 19.9 Å². The Hall–Kier alpha value is -3.77. The minimum Gasteiger partial charge on any atom is -0.494 e. The van der Waals surface area contributed by atoms with Crippen LogP contribution in [0.3, 0.4) is 0 Å². The van der Waals surface area contributed by atoms with Gasteiger partial charge in [-0.05, 0) is 80.9 Å². The number of anilines is 1. The van der Waals surface area contributed by atoms with Crippen LogP contribution in [0.25, 0.3) is 11.0 Å². The van der Waals surface area contributed by atoms with Gasteiger partial charge >= 0.3 is 0 Å². The largest absolute Gasteiger partial charge is 0.494 e. The van der Waals surface area contributed by atoms with E-state index in [1.165, 1.54) is 0 Å². The molecule has 34 heavy (non-hydrogen) atoms. The first-order valence-electron chi connectivity index (χ1n) is 10.9. The topological polar surface area (TPSA) is 77.8 Å². The number of hydrogen-bond acceptors (Lipinski definition) is 5. The molecule has 0 aliphatic carbocycles. The van der Waals surface area contributed by atoms with Crippen molar-refractivity contribution in [1.82, 2.24) is 0 Å². The van der Waals surface area contributed by atoms with Crippen molar-refractivity contribution >= 4 is 39.9 Å². The lowest BCUT2D eigenvalue weighted by atomic mass is 10.1. The molecule has 0 saturated heterocycles. The van der Waals surface area contributed by atoms with E-state index in [9.17, 15) is 9.59 Å². The summed E-state index contributed by atoms with van der Waals surface area (Å²) in [5.41, 5.74) is 2.06. The molecule has 1 N–H and O–H groups in total. The van der Waals surface area contributed by atoms with E-state index in [0.29, 0.717) is 45.3 Å². The number of carbonyl (C=O) groups excluding carboxylic acids is 2. The maximum atomic E-state index is 13.3. The summed E-state index contributed by atoms with van der Waals surface area (Å²) < 4.78 is 17.1. The van der Waals surface area contributed by atoms with Gasteiger partial charge in [0.1, 0.15) is 17.1 Å². The maximum absolute atomic E-state index is 13.3. The number of hydrogen-bond donors (Lipinski definition) is 1. The zero-order chi connectivity index (χ0) is 24.2. The molecule has 0 aliphatic rings. The molecule has 1 unspecified atom stereocenters. The Labute approximate surface area is 202 Å². The molecule has 0 aliphatic heterocycles. The van der Waals surface area contributed by atoms with Crippen LogP contribution < -0.4 is 14.8 Å². The van der Waals surface area contributed by atoms with Crippen LogP contribution in [0.15, 0.2) is 71.1 Å². The van der Waals surface area contributed by atoms with Gasteiger partial charge in [-0.2, -0.15) is 0 Å². The minimum absolute atomic E-state index is 0.0493. The highest BCUT2D eigenvalue weighted by atomic mass is 35.5. The van der Waals surface area contributed by atoms with Gasteiger partial charge in [-0.1, -0.05) is 23.7 Å². The summed E-state index contributed by atoms with van der Waals surface area (Å²) in [5, 5.41) is 4.07. The van der Waals surface area contributed by atoms with Crippen LogP contribution in [-0.4, -0.2) is 24.4 Å². The predicted octanol–water partition coefficient (Wildman–Crippen LogP) is 6.43. The summed E-state index contributed by atoms with van der Waals surface area (Å²) in [7, 11) is 0. The number of ether oxygens (including phenoxy) is 2. The molecule has 6 nitrogen and oxygen atoms in total. The molecule has 3 aromatic carbocycles. The number of halogens is 1. The van der Waals surface area contributed by atoms with Gasteiger partial charge in [0.15, 0.2) is 11.9 Å². The standard InChI is InChI=1S/C27H24ClNO5/c1-4-32-19-11-9-18(10-12-19)25(30)26-24(21-7-5-6-8-23(21)34-26)29-27(31)17(3)33-20-13-14-22(28)16(2)15-20/h5-15,17H,4H2,1-3H3,(H,29,31). The third-order valence-corrected chi connectivity index (χ3v) is 5.71. The molecule has 1 amide bonds. The van der Waals surface area contributed by atoms with E-state index in [1.54, 1.807) is 67.6 Å². The van der Waals surface area contributed by atoms with Gasteiger partial charge in [0.2, 0.25) is 5.78 Å². The Kier molecular flexibility index (Phi) is 6.89. The molecule has 174 valence electrons. The number of carbonyl (C=O) groups is 2. The number of benzene rings is 3. The van der Waals surface area contributed by atoms with Crippen molar-refractivity contribution in [3.8, 4) is 11.5 Å². The first-order valence-corrected chi connectivity index (χ1v) is 11.3. The Bertz CT molecular complexity index is 1340. The molecule has 0 bridgehead atoms. The molecular weight excluding hydrogens is 454 g/mol. The molecule has 0 fully saturated rings. The smallest absolute Gasteiger partial charge is 0.265 e. The van der Waals surface area contributed by atoms with Gasteiger partial charge in [0.25, 0.3) is 5.91 Å². The summed E-state index contributed by atoms with van der Waals surface area (Å²) in [6.45, 7) is 5.91. The van der Waals surface area contributed by atoms with Gasteiger partial charge < -0.3 is 19.2 Å². The molecule has 0 spiro atoms. The van der Waals surface area contributed by atoms with E-state index in [4.69, 9.17) is 25.5 Å². The Balaban J connectivity index is 1.61. The number of furan rings is 1. The third-order valence-electron chi connectivity index (χ3n) is 5.29. The van der Waals surface area contributed by atoms with Crippen molar-refractivity contribution in [2.24, 2.45) is 0 Å². The Morgan fingerprint density at radius 1 is 1.03 bits per heavy atom. The molecule has 1 atom stereocenters. The predicted molar refractivity (Wildman–Crippen MR) is 132 cm³/mol. The van der Waals surface area contributed by atoms with Crippen molar-refractivity contribution in [2.45, 2.75) is 26.9 Å². The van der Waals surface area contributed by atoms with Gasteiger partial charge in [0, 0.05) is 16.0 Å². The molecule has 4 aromatic rings. The summed E-state index contributed by atoms with van der Waals surface area (Å²) >= 11 is 6.07. The fourth-order valence-electron chi connectivity index (χ4n) is 3.50. The van der Waals surface area contributed by atoms with Gasteiger partial charge in [0.05, 0.1) is 12.3 Å². The zero-order valence-electron chi connectivity index (χ0n) is 19.1. The number of para-hydroxylation sites is 1. The van der Waals surface area contributed by atoms with Crippen LogP contribution in [0.1, 0.15) is 35.5 Å². The molecule has 0 saturated carbocycles. The van der Waals surface area contributed by atoms with E-state index < -0.39 is 12.0 Å². The highest BCUT2D eigenvalue weighted by Gasteiger charge is 2.25. The van der Waals surface area contributed by atoms with Crippen LogP contribution in [0.2, 0.25) is 5.02 Å². The SMILES string of the molecule is CCOc1ccc(C(=O)c2oc3ccccc3c2NC(=O)C(C)Oc2ccc(Cl)c(C)c2)cc1. The highest BCUT2D eigenvalue weighted by molar-refractivity contribution is 6.31. The number of rotatable bonds is 8. The van der Waals surface area contributed by atoms with Crippen LogP contribution in [0.5, 0.6) is 11.5 Å². The first-order chi connectivity index (χ1) is 16.4.